The molecule has 1 heterocycles. The van der Waals surface area contributed by atoms with E-state index in [4.69, 9.17) is 16.3 Å². The summed E-state index contributed by atoms with van der Waals surface area (Å²) in [6.07, 6.45) is 2.32. The molecule has 0 aliphatic carbocycles. The minimum Gasteiger partial charge on any atom is -0.384 e. The van der Waals surface area contributed by atoms with Crippen LogP contribution in [0.5, 0.6) is 0 Å². The van der Waals surface area contributed by atoms with Crippen LogP contribution < -0.4 is 16.0 Å². The Hall–Kier alpha value is -1.34. The van der Waals surface area contributed by atoms with Gasteiger partial charge in [0.05, 0.1) is 17.2 Å². The number of ether oxygens (including phenoxy) is 1. The van der Waals surface area contributed by atoms with E-state index in [2.05, 4.69) is 16.0 Å². The quantitative estimate of drug-likeness (QED) is 0.588. The Labute approximate surface area is 178 Å². The molecule has 1 aromatic rings. The molecule has 8 heteroatoms. The molecule has 1 aliphatic rings. The monoisotopic (exact) mass is 431 g/mol. The summed E-state index contributed by atoms with van der Waals surface area (Å²) >= 11 is 6.22. The molecule has 158 valence electrons. The van der Waals surface area contributed by atoms with E-state index in [0.29, 0.717) is 35.8 Å². The summed E-state index contributed by atoms with van der Waals surface area (Å²) in [6.45, 7) is 6.93. The lowest BCUT2D eigenvalue weighted by Gasteiger charge is -2.37. The molecular weight excluding hydrogens is 401 g/mol. The van der Waals surface area contributed by atoms with Gasteiger partial charge in [-0.2, -0.15) is 0 Å². The van der Waals surface area contributed by atoms with Crippen LogP contribution in [0.15, 0.2) is 18.2 Å². The Balaban J connectivity index is 0.00000392. The number of hydrogen-bond donors (Lipinski definition) is 3. The van der Waals surface area contributed by atoms with Crippen molar-refractivity contribution in [2.75, 3.05) is 38.7 Å². The summed E-state index contributed by atoms with van der Waals surface area (Å²) < 4.78 is 5.39. The first-order chi connectivity index (χ1) is 12.8. The molecule has 1 fully saturated rings. The van der Waals surface area contributed by atoms with E-state index in [1.165, 1.54) is 0 Å². The van der Waals surface area contributed by atoms with Gasteiger partial charge in [-0.1, -0.05) is 25.4 Å². The molecule has 2 rings (SSSR count). The first-order valence-corrected chi connectivity index (χ1v) is 9.80. The second kappa shape index (κ2) is 11.6. The molecule has 2 amide bonds. The van der Waals surface area contributed by atoms with Gasteiger partial charge in [-0.15, -0.1) is 12.4 Å². The van der Waals surface area contributed by atoms with E-state index in [-0.39, 0.29) is 35.6 Å². The average Bonchev–Trinajstić information content (AvgIpc) is 2.62. The highest BCUT2D eigenvalue weighted by molar-refractivity contribution is 6.34. The van der Waals surface area contributed by atoms with E-state index in [1.807, 2.05) is 13.8 Å². The zero-order valence-electron chi connectivity index (χ0n) is 16.8. The van der Waals surface area contributed by atoms with Gasteiger partial charge < -0.3 is 20.7 Å². The third-order valence-corrected chi connectivity index (χ3v) is 5.16. The van der Waals surface area contributed by atoms with E-state index in [0.717, 1.165) is 25.9 Å². The van der Waals surface area contributed by atoms with Crippen LogP contribution in [0.1, 0.15) is 43.5 Å². The maximum atomic E-state index is 12.7. The number of carbonyl (C=O) groups is 2. The lowest BCUT2D eigenvalue weighted by atomic mass is 9.79. The predicted molar refractivity (Wildman–Crippen MR) is 116 cm³/mol. The van der Waals surface area contributed by atoms with Crippen LogP contribution in [0.4, 0.5) is 5.69 Å². The summed E-state index contributed by atoms with van der Waals surface area (Å²) in [5, 5.41) is 9.52. The van der Waals surface area contributed by atoms with Crippen molar-refractivity contribution in [1.82, 2.24) is 10.6 Å². The fourth-order valence-corrected chi connectivity index (χ4v) is 3.56. The second-order valence-electron chi connectivity index (χ2n) is 7.71. The van der Waals surface area contributed by atoms with E-state index in [1.54, 1.807) is 25.3 Å². The van der Waals surface area contributed by atoms with E-state index in [9.17, 15) is 9.59 Å². The van der Waals surface area contributed by atoms with Crippen molar-refractivity contribution in [3.05, 3.63) is 28.8 Å². The Morgan fingerprint density at radius 1 is 1.29 bits per heavy atom. The third kappa shape index (κ3) is 7.24. The molecule has 0 unspecified atom stereocenters. The second-order valence-corrected chi connectivity index (χ2v) is 8.11. The summed E-state index contributed by atoms with van der Waals surface area (Å²) in [7, 11) is 1.69. The molecule has 28 heavy (non-hydrogen) atoms. The summed E-state index contributed by atoms with van der Waals surface area (Å²) in [5.41, 5.74) is 0.870. The minimum absolute atomic E-state index is 0. The van der Waals surface area contributed by atoms with Crippen molar-refractivity contribution < 1.29 is 14.3 Å². The van der Waals surface area contributed by atoms with Gasteiger partial charge in [-0.05, 0) is 50.0 Å². The largest absolute Gasteiger partial charge is 0.384 e. The zero-order valence-corrected chi connectivity index (χ0v) is 18.3. The van der Waals surface area contributed by atoms with Crippen LogP contribution in [-0.2, 0) is 9.53 Å². The van der Waals surface area contributed by atoms with Crippen molar-refractivity contribution in [3.63, 3.8) is 0 Å². The number of benzene rings is 1. The lowest BCUT2D eigenvalue weighted by molar-refractivity contribution is -0.116. The van der Waals surface area contributed by atoms with Gasteiger partial charge in [0, 0.05) is 31.2 Å². The van der Waals surface area contributed by atoms with Gasteiger partial charge in [0.25, 0.3) is 5.91 Å². The molecule has 0 radical (unpaired) electrons. The lowest BCUT2D eigenvalue weighted by Crippen LogP contribution is -2.47. The topological polar surface area (TPSA) is 79.5 Å². The van der Waals surface area contributed by atoms with Crippen LogP contribution in [-0.4, -0.2) is 45.2 Å². The highest BCUT2D eigenvalue weighted by Crippen LogP contribution is 2.29. The molecule has 1 aliphatic heterocycles. The maximum Gasteiger partial charge on any atom is 0.252 e. The number of hydrogen-bond acceptors (Lipinski definition) is 4. The van der Waals surface area contributed by atoms with Crippen LogP contribution in [0.2, 0.25) is 5.02 Å². The molecule has 6 nitrogen and oxygen atoms in total. The third-order valence-electron chi connectivity index (χ3n) is 4.83. The number of rotatable bonds is 8. The number of halogens is 2. The number of piperidine rings is 1. The van der Waals surface area contributed by atoms with E-state index < -0.39 is 0 Å². The highest BCUT2D eigenvalue weighted by Gasteiger charge is 2.32. The Bertz CT molecular complexity index is 657. The number of anilines is 1. The molecule has 0 bridgehead atoms. The first-order valence-electron chi connectivity index (χ1n) is 9.42. The Kier molecular flexibility index (Phi) is 10.2. The summed E-state index contributed by atoms with van der Waals surface area (Å²) in [5.74, 6) is -0.0524. The number of carbonyl (C=O) groups excluding carboxylic acids is 2. The fourth-order valence-electron chi connectivity index (χ4n) is 3.36. The van der Waals surface area contributed by atoms with Crippen LogP contribution in [0.3, 0.4) is 0 Å². The molecular formula is C20H31Cl2N3O3. The Morgan fingerprint density at radius 3 is 2.57 bits per heavy atom. The van der Waals surface area contributed by atoms with Gasteiger partial charge in [-0.3, -0.25) is 9.59 Å². The van der Waals surface area contributed by atoms with Gasteiger partial charge >= 0.3 is 0 Å². The summed E-state index contributed by atoms with van der Waals surface area (Å²) in [4.78, 5) is 24.7. The molecule has 1 saturated heterocycles. The van der Waals surface area contributed by atoms with Crippen molar-refractivity contribution in [2.24, 2.45) is 11.3 Å². The molecule has 1 aromatic carbocycles. The Morgan fingerprint density at radius 2 is 1.96 bits per heavy atom. The van der Waals surface area contributed by atoms with Crippen LogP contribution >= 0.6 is 24.0 Å². The van der Waals surface area contributed by atoms with Gasteiger partial charge in [0.2, 0.25) is 5.91 Å². The van der Waals surface area contributed by atoms with Gasteiger partial charge in [0.1, 0.15) is 0 Å². The van der Waals surface area contributed by atoms with Crippen molar-refractivity contribution in [1.29, 1.82) is 0 Å². The van der Waals surface area contributed by atoms with Crippen LogP contribution in [0, 0.1) is 11.3 Å². The standard InChI is InChI=1S/C20H30ClN3O3.ClH/c1-14(2)10-18(25)24-15-4-5-17(21)16(11-15)19(26)23-12-20(13-27-3)6-8-22-9-7-20;/h4-5,11,14,22H,6-10,12-13H2,1-3H3,(H,23,26)(H,24,25);1H. The SMILES string of the molecule is COCC1(CNC(=O)c2cc(NC(=O)CC(C)C)ccc2Cl)CCNCC1.Cl. The predicted octanol–water partition coefficient (Wildman–Crippen LogP) is 3.49. The smallest absolute Gasteiger partial charge is 0.252 e. The van der Waals surface area contributed by atoms with Crippen molar-refractivity contribution >= 4 is 41.5 Å². The average molecular weight is 432 g/mol. The molecule has 0 atom stereocenters. The molecule has 0 aromatic heterocycles. The highest BCUT2D eigenvalue weighted by atomic mass is 35.5. The summed E-state index contributed by atoms with van der Waals surface area (Å²) in [6, 6.07) is 4.97. The fraction of sp³-hybridized carbons (Fsp3) is 0.600. The van der Waals surface area contributed by atoms with Crippen molar-refractivity contribution in [3.8, 4) is 0 Å². The maximum absolute atomic E-state index is 12.7. The normalized spacial score (nSPS) is 15.6. The molecule has 3 N–H and O–H groups in total. The first kappa shape index (κ1) is 24.7. The van der Waals surface area contributed by atoms with Crippen LogP contribution in [0.25, 0.3) is 0 Å². The number of amides is 2. The zero-order chi connectivity index (χ0) is 19.9. The number of methoxy groups -OCH3 is 1. The van der Waals surface area contributed by atoms with E-state index >= 15 is 0 Å². The molecule has 0 spiro atoms. The van der Waals surface area contributed by atoms with Gasteiger partial charge in [0.15, 0.2) is 0 Å². The molecule has 0 saturated carbocycles. The van der Waals surface area contributed by atoms with Gasteiger partial charge in [-0.25, -0.2) is 0 Å². The minimum atomic E-state index is -0.242. The van der Waals surface area contributed by atoms with Crippen molar-refractivity contribution in [2.45, 2.75) is 33.1 Å². The number of nitrogens with one attached hydrogen (secondary N) is 3.